The van der Waals surface area contributed by atoms with E-state index in [4.69, 9.17) is 4.74 Å². The molecule has 2 N–H and O–H groups in total. The Kier molecular flexibility index (Phi) is 7.78. The summed E-state index contributed by atoms with van der Waals surface area (Å²) in [6, 6.07) is 7.63. The highest BCUT2D eigenvalue weighted by atomic mass is 32.1. The number of thiophene rings is 1. The average molecular weight is 510 g/mol. The van der Waals surface area contributed by atoms with Crippen LogP contribution in [0.4, 0.5) is 16.2 Å². The normalized spacial score (nSPS) is 18.2. The van der Waals surface area contributed by atoms with Gasteiger partial charge in [0.15, 0.2) is 0 Å². The minimum atomic E-state index is -0.551. The molecule has 2 amide bonds. The van der Waals surface area contributed by atoms with E-state index in [-0.39, 0.29) is 11.9 Å². The Bertz CT molecular complexity index is 1240. The van der Waals surface area contributed by atoms with E-state index < -0.39 is 11.7 Å². The van der Waals surface area contributed by atoms with Gasteiger partial charge in [-0.1, -0.05) is 20.3 Å². The minimum absolute atomic E-state index is 0.0692. The van der Waals surface area contributed by atoms with Gasteiger partial charge in [0, 0.05) is 30.2 Å². The Labute approximate surface area is 216 Å². The fourth-order valence-corrected chi connectivity index (χ4v) is 5.65. The number of carbonyl (C=O) groups is 2. The highest BCUT2D eigenvalue weighted by Gasteiger charge is 2.29. The molecule has 3 aromatic heterocycles. The molecule has 2 atom stereocenters. The smallest absolute Gasteiger partial charge is 0.407 e. The van der Waals surface area contributed by atoms with Crippen LogP contribution in [0.3, 0.4) is 0 Å². The molecule has 0 bridgehead atoms. The number of pyridine rings is 2. The van der Waals surface area contributed by atoms with E-state index in [1.54, 1.807) is 29.8 Å². The second-order valence-corrected chi connectivity index (χ2v) is 11.6. The summed E-state index contributed by atoms with van der Waals surface area (Å²) in [5.41, 5.74) is 2.15. The lowest BCUT2D eigenvalue weighted by atomic mass is 9.95. The number of fused-ring (bicyclic) bond motifs is 1. The second-order valence-electron chi connectivity index (χ2n) is 10.5. The zero-order valence-corrected chi connectivity index (χ0v) is 22.4. The summed E-state index contributed by atoms with van der Waals surface area (Å²) in [6.45, 7) is 11.3. The Hall–Kier alpha value is -3.20. The number of alkyl carbamates (subject to hydrolysis) is 1. The van der Waals surface area contributed by atoms with Gasteiger partial charge in [-0.3, -0.25) is 9.78 Å². The summed E-state index contributed by atoms with van der Waals surface area (Å²) in [6.07, 6.45) is 5.90. The van der Waals surface area contributed by atoms with Crippen molar-refractivity contribution in [1.29, 1.82) is 0 Å². The number of ether oxygens (including phenoxy) is 1. The molecule has 4 rings (SSSR count). The maximum absolute atomic E-state index is 13.1. The van der Waals surface area contributed by atoms with Gasteiger partial charge in [0.05, 0.1) is 27.8 Å². The number of rotatable bonds is 6. The van der Waals surface area contributed by atoms with Gasteiger partial charge in [0.1, 0.15) is 11.3 Å². The van der Waals surface area contributed by atoms with Crippen LogP contribution in [0.15, 0.2) is 36.7 Å². The molecule has 1 saturated heterocycles. The molecular formula is C27H35N5O3S. The third-order valence-corrected chi connectivity index (χ3v) is 7.07. The van der Waals surface area contributed by atoms with Gasteiger partial charge < -0.3 is 20.3 Å². The van der Waals surface area contributed by atoms with Crippen LogP contribution < -0.4 is 15.5 Å². The topological polar surface area (TPSA) is 96.5 Å². The van der Waals surface area contributed by atoms with Crippen molar-refractivity contribution in [3.8, 4) is 0 Å². The molecule has 0 aromatic carbocycles. The molecule has 192 valence electrons. The van der Waals surface area contributed by atoms with Crippen LogP contribution in [-0.4, -0.2) is 46.7 Å². The number of aryl methyl sites for hydroxylation is 1. The van der Waals surface area contributed by atoms with E-state index in [1.807, 2.05) is 32.9 Å². The predicted molar refractivity (Wildman–Crippen MR) is 145 cm³/mol. The van der Waals surface area contributed by atoms with Crippen molar-refractivity contribution in [3.05, 3.63) is 47.2 Å². The van der Waals surface area contributed by atoms with Crippen molar-refractivity contribution in [2.24, 2.45) is 5.92 Å². The fourth-order valence-electron chi connectivity index (χ4n) is 4.54. The highest BCUT2D eigenvalue weighted by molar-refractivity contribution is 7.19. The van der Waals surface area contributed by atoms with Crippen LogP contribution in [0.2, 0.25) is 0 Å². The SMILES string of the molecule is CCCc1cc2nc(C(=O)Nc3cnccc3N3C[C@H](C)C[C@H](NC(=O)OC(C)(C)C)C3)ccc2s1. The standard InChI is InChI=1S/C27H35N5O3S/c1-6-7-19-13-21-24(36-19)9-8-20(30-21)25(33)31-22-14-28-11-10-23(22)32-15-17(2)12-18(16-32)29-26(34)35-27(3,4)5/h8-11,13-14,17-18H,6-7,12,15-16H2,1-5H3,(H,29,34)(H,31,33)/t17-,18+/m1/s1. The summed E-state index contributed by atoms with van der Waals surface area (Å²) in [7, 11) is 0. The number of nitrogens with zero attached hydrogens (tertiary/aromatic N) is 3. The number of hydrogen-bond acceptors (Lipinski definition) is 7. The van der Waals surface area contributed by atoms with Gasteiger partial charge in [-0.05, 0) is 63.8 Å². The molecule has 1 aliphatic rings. The Morgan fingerprint density at radius 2 is 2.03 bits per heavy atom. The van der Waals surface area contributed by atoms with Crippen molar-refractivity contribution < 1.29 is 14.3 Å². The molecule has 0 radical (unpaired) electrons. The maximum atomic E-state index is 13.1. The molecule has 1 fully saturated rings. The highest BCUT2D eigenvalue weighted by Crippen LogP contribution is 2.30. The van der Waals surface area contributed by atoms with Crippen molar-refractivity contribution >= 4 is 44.9 Å². The van der Waals surface area contributed by atoms with Crippen molar-refractivity contribution in [2.45, 2.75) is 65.5 Å². The summed E-state index contributed by atoms with van der Waals surface area (Å²) in [5, 5.41) is 6.01. The molecule has 3 aromatic rings. The van der Waals surface area contributed by atoms with Crippen LogP contribution >= 0.6 is 11.3 Å². The Morgan fingerprint density at radius 3 is 2.78 bits per heavy atom. The molecule has 0 spiro atoms. The summed E-state index contributed by atoms with van der Waals surface area (Å²) in [4.78, 5) is 37.8. The summed E-state index contributed by atoms with van der Waals surface area (Å²) < 4.78 is 6.53. The number of amides is 2. The van der Waals surface area contributed by atoms with Gasteiger partial charge in [-0.25, -0.2) is 9.78 Å². The van der Waals surface area contributed by atoms with Crippen LogP contribution in [0.25, 0.3) is 10.2 Å². The lowest BCUT2D eigenvalue weighted by molar-refractivity contribution is 0.0495. The van der Waals surface area contributed by atoms with Crippen LogP contribution in [0, 0.1) is 5.92 Å². The number of aromatic nitrogens is 2. The van der Waals surface area contributed by atoms with E-state index in [2.05, 4.69) is 45.4 Å². The van der Waals surface area contributed by atoms with Gasteiger partial charge in [0.2, 0.25) is 0 Å². The van der Waals surface area contributed by atoms with Gasteiger partial charge in [-0.2, -0.15) is 0 Å². The van der Waals surface area contributed by atoms with E-state index in [1.165, 1.54) is 4.88 Å². The quantitative estimate of drug-likeness (QED) is 0.447. The summed E-state index contributed by atoms with van der Waals surface area (Å²) >= 11 is 1.73. The molecule has 0 unspecified atom stereocenters. The maximum Gasteiger partial charge on any atom is 0.407 e. The molecule has 1 aliphatic heterocycles. The number of anilines is 2. The fraction of sp³-hybridized carbons (Fsp3) is 0.481. The number of nitrogens with one attached hydrogen (secondary N) is 2. The molecule has 4 heterocycles. The molecule has 9 heteroatoms. The van der Waals surface area contributed by atoms with Crippen molar-refractivity contribution in [3.63, 3.8) is 0 Å². The monoisotopic (exact) mass is 509 g/mol. The number of carbonyl (C=O) groups excluding carboxylic acids is 2. The van der Waals surface area contributed by atoms with Crippen LogP contribution in [0.5, 0.6) is 0 Å². The molecule has 36 heavy (non-hydrogen) atoms. The lowest BCUT2D eigenvalue weighted by Crippen LogP contribution is -2.51. The van der Waals surface area contributed by atoms with Gasteiger partial charge in [0.25, 0.3) is 5.91 Å². The molecular weight excluding hydrogens is 474 g/mol. The van der Waals surface area contributed by atoms with Crippen molar-refractivity contribution in [2.75, 3.05) is 23.3 Å². The van der Waals surface area contributed by atoms with Gasteiger partial charge >= 0.3 is 6.09 Å². The van der Waals surface area contributed by atoms with Crippen LogP contribution in [0.1, 0.15) is 62.8 Å². The van der Waals surface area contributed by atoms with E-state index in [0.29, 0.717) is 23.8 Å². The second kappa shape index (κ2) is 10.8. The molecule has 0 aliphatic carbocycles. The molecule has 8 nitrogen and oxygen atoms in total. The largest absolute Gasteiger partial charge is 0.444 e. The zero-order valence-electron chi connectivity index (χ0n) is 21.6. The summed E-state index contributed by atoms with van der Waals surface area (Å²) in [5.74, 6) is 0.0678. The third-order valence-electron chi connectivity index (χ3n) is 5.92. The van der Waals surface area contributed by atoms with E-state index in [0.717, 1.165) is 41.7 Å². The minimum Gasteiger partial charge on any atom is -0.444 e. The Morgan fingerprint density at radius 1 is 1.22 bits per heavy atom. The van der Waals surface area contributed by atoms with E-state index >= 15 is 0 Å². The molecule has 0 saturated carbocycles. The van der Waals surface area contributed by atoms with Crippen LogP contribution in [-0.2, 0) is 11.2 Å². The predicted octanol–water partition coefficient (Wildman–Crippen LogP) is 5.64. The first-order valence-corrected chi connectivity index (χ1v) is 13.3. The lowest BCUT2D eigenvalue weighted by Gasteiger charge is -2.39. The zero-order chi connectivity index (χ0) is 25.9. The number of piperidine rings is 1. The first-order valence-electron chi connectivity index (χ1n) is 12.5. The average Bonchev–Trinajstić information content (AvgIpc) is 3.19. The Balaban J connectivity index is 1.49. The van der Waals surface area contributed by atoms with E-state index in [9.17, 15) is 9.59 Å². The van der Waals surface area contributed by atoms with Crippen molar-refractivity contribution in [1.82, 2.24) is 15.3 Å². The first kappa shape index (κ1) is 25.9. The van der Waals surface area contributed by atoms with Gasteiger partial charge in [-0.15, -0.1) is 11.3 Å². The number of hydrogen-bond donors (Lipinski definition) is 2. The first-order chi connectivity index (χ1) is 17.1. The third kappa shape index (κ3) is 6.51.